The fourth-order valence-electron chi connectivity index (χ4n) is 1.83. The summed E-state index contributed by atoms with van der Waals surface area (Å²) in [6, 6.07) is 7.10. The topological polar surface area (TPSA) is 172 Å². The largest absolute Gasteiger partial charge is 1.00 e. The maximum atomic E-state index is 12.3. The number of benzene rings is 2. The van der Waals surface area contributed by atoms with Gasteiger partial charge in [-0.15, -0.1) is 6.07 Å². The zero-order chi connectivity index (χ0) is 19.7. The maximum absolute atomic E-state index is 12.3. The van der Waals surface area contributed by atoms with Gasteiger partial charge in [-0.25, -0.2) is 18.0 Å². The molecule has 0 unspecified atom stereocenters. The van der Waals surface area contributed by atoms with Crippen molar-refractivity contribution in [2.24, 2.45) is 0 Å². The quantitative estimate of drug-likeness (QED) is 0.208. The molecule has 0 heterocycles. The smallest absolute Gasteiger partial charge is 0.478 e. The summed E-state index contributed by atoms with van der Waals surface area (Å²) >= 11 is 0. The molecule has 2 aromatic carbocycles. The second-order valence-corrected chi connectivity index (χ2v) is 7.68. The predicted molar refractivity (Wildman–Crippen MR) is 83.3 cm³/mol. The second-order valence-electron chi connectivity index (χ2n) is 4.74. The van der Waals surface area contributed by atoms with Crippen LogP contribution in [0.4, 0.5) is 0 Å². The molecule has 138 valence electrons. The van der Waals surface area contributed by atoms with Crippen LogP contribution in [0.25, 0.3) is 0 Å². The Morgan fingerprint density at radius 2 is 1.48 bits per heavy atom. The standard InChI is InChI=1S/C14H9O10S2.Li/c15-13(16)8-5-9(14(17)18)7-10(6-8)26(22,23)24-11-3-1-2-4-12(11)25(19,20)21;/h1,3-7H,(H,15,16)(H,17,18)(H,19,20,21);/q-1;+1. The predicted octanol–water partition coefficient (Wildman–Crippen LogP) is -2.10. The van der Waals surface area contributed by atoms with Gasteiger partial charge in [0.25, 0.3) is 0 Å². The minimum Gasteiger partial charge on any atom is -0.478 e. The SMILES string of the molecule is O=C(O)c1cc(C(=O)O)cc(S(=O)(=O)Oc2cc[c-]cc2S(=O)(=O)O)c1.[Li+]. The van der Waals surface area contributed by atoms with Gasteiger partial charge < -0.3 is 14.4 Å². The third-order valence-corrected chi connectivity index (χ3v) is 5.04. The van der Waals surface area contributed by atoms with Crippen molar-refractivity contribution in [2.45, 2.75) is 9.79 Å². The number of hydrogen-bond acceptors (Lipinski definition) is 7. The summed E-state index contributed by atoms with van der Waals surface area (Å²) in [5.74, 6) is -3.95. The van der Waals surface area contributed by atoms with Gasteiger partial charge in [-0.1, -0.05) is 0 Å². The van der Waals surface area contributed by atoms with Crippen molar-refractivity contribution in [1.82, 2.24) is 0 Å². The van der Waals surface area contributed by atoms with E-state index in [1.807, 2.05) is 0 Å². The van der Waals surface area contributed by atoms with E-state index >= 15 is 0 Å². The molecule has 0 aliphatic heterocycles. The van der Waals surface area contributed by atoms with Crippen molar-refractivity contribution in [2.75, 3.05) is 0 Å². The molecule has 0 aliphatic rings. The molecular weight excluding hydrogens is 399 g/mol. The molecule has 0 fully saturated rings. The summed E-state index contributed by atoms with van der Waals surface area (Å²) in [6.45, 7) is 0. The van der Waals surface area contributed by atoms with Gasteiger partial charge in [-0.05, 0) is 18.2 Å². The maximum Gasteiger partial charge on any atom is 1.00 e. The monoisotopic (exact) mass is 408 g/mol. The van der Waals surface area contributed by atoms with Gasteiger partial charge in [0.05, 0.1) is 16.9 Å². The van der Waals surface area contributed by atoms with E-state index in [4.69, 9.17) is 14.8 Å². The number of rotatable bonds is 6. The molecule has 27 heavy (non-hydrogen) atoms. The van der Waals surface area contributed by atoms with E-state index < -0.39 is 58.8 Å². The van der Waals surface area contributed by atoms with Crippen LogP contribution in [0.3, 0.4) is 0 Å². The van der Waals surface area contributed by atoms with E-state index in [9.17, 15) is 26.4 Å². The number of hydrogen-bond donors (Lipinski definition) is 3. The molecule has 0 aromatic heterocycles. The molecule has 0 amide bonds. The Morgan fingerprint density at radius 3 is 1.93 bits per heavy atom. The molecule has 10 nitrogen and oxygen atoms in total. The van der Waals surface area contributed by atoms with E-state index in [1.165, 1.54) is 0 Å². The zero-order valence-electron chi connectivity index (χ0n) is 13.5. The molecule has 3 N–H and O–H groups in total. The van der Waals surface area contributed by atoms with Gasteiger partial charge in [0.1, 0.15) is 4.90 Å². The van der Waals surface area contributed by atoms with Crippen LogP contribution in [-0.4, -0.2) is 43.5 Å². The Bertz CT molecular complexity index is 1070. The Morgan fingerprint density at radius 1 is 0.963 bits per heavy atom. The van der Waals surface area contributed by atoms with Gasteiger partial charge in [-0.2, -0.15) is 26.6 Å². The van der Waals surface area contributed by atoms with Gasteiger partial charge in [0.2, 0.25) is 10.1 Å². The Balaban J connectivity index is 0.00000364. The molecule has 2 aromatic rings. The molecule has 13 heteroatoms. The van der Waals surface area contributed by atoms with Crippen molar-refractivity contribution in [3.05, 3.63) is 53.6 Å². The van der Waals surface area contributed by atoms with Crippen LogP contribution in [-0.2, 0) is 20.2 Å². The first-order valence-corrected chi connectivity index (χ1v) is 9.30. The Hall–Kier alpha value is -2.36. The number of carbonyl (C=O) groups is 2. The first-order valence-electron chi connectivity index (χ1n) is 6.45. The fourth-order valence-corrected chi connectivity index (χ4v) is 3.48. The van der Waals surface area contributed by atoms with Crippen LogP contribution in [0.5, 0.6) is 5.75 Å². The van der Waals surface area contributed by atoms with Gasteiger partial charge in [0, 0.05) is 4.90 Å². The third-order valence-electron chi connectivity index (χ3n) is 2.95. The number of carboxylic acid groups (broad SMARTS) is 2. The molecule has 0 atom stereocenters. The van der Waals surface area contributed by atoms with Crippen molar-refractivity contribution < 1.29 is 64.2 Å². The number of carboxylic acids is 2. The number of aromatic carboxylic acids is 2. The van der Waals surface area contributed by atoms with E-state index in [0.717, 1.165) is 24.3 Å². The summed E-state index contributed by atoms with van der Waals surface area (Å²) in [6.07, 6.45) is 0. The first kappa shape index (κ1) is 22.7. The van der Waals surface area contributed by atoms with Crippen LogP contribution in [0, 0.1) is 6.07 Å². The van der Waals surface area contributed by atoms with Crippen molar-refractivity contribution in [3.63, 3.8) is 0 Å². The molecule has 0 saturated carbocycles. The summed E-state index contributed by atoms with van der Waals surface area (Å²) in [5.41, 5.74) is -1.27. The zero-order valence-corrected chi connectivity index (χ0v) is 15.1. The Kier molecular flexibility index (Phi) is 6.82. The van der Waals surface area contributed by atoms with Crippen LogP contribution in [0.15, 0.2) is 46.2 Å². The minimum absolute atomic E-state index is 0. The third kappa shape index (κ3) is 5.31. The normalized spacial score (nSPS) is 11.3. The molecular formula is C14H9LiO10S2. The molecule has 0 saturated heterocycles. The molecule has 0 spiro atoms. The average molecular weight is 408 g/mol. The van der Waals surface area contributed by atoms with Crippen LogP contribution < -0.4 is 23.0 Å². The van der Waals surface area contributed by atoms with Crippen LogP contribution in [0.1, 0.15) is 20.7 Å². The van der Waals surface area contributed by atoms with E-state index in [1.54, 1.807) is 0 Å². The van der Waals surface area contributed by atoms with Crippen molar-refractivity contribution in [1.29, 1.82) is 0 Å². The summed E-state index contributed by atoms with van der Waals surface area (Å²) in [7, 11) is -9.66. The molecule has 0 radical (unpaired) electrons. The minimum atomic E-state index is -4.84. The van der Waals surface area contributed by atoms with Crippen molar-refractivity contribution >= 4 is 32.2 Å². The fraction of sp³-hybridized carbons (Fsp3) is 0. The van der Waals surface area contributed by atoms with E-state index in [0.29, 0.717) is 12.1 Å². The second kappa shape index (κ2) is 8.11. The molecule has 0 aliphatic carbocycles. The van der Waals surface area contributed by atoms with Crippen molar-refractivity contribution in [3.8, 4) is 5.75 Å². The van der Waals surface area contributed by atoms with Crippen LogP contribution >= 0.6 is 0 Å². The van der Waals surface area contributed by atoms with E-state index in [-0.39, 0.29) is 18.9 Å². The summed E-state index contributed by atoms with van der Waals surface area (Å²) < 4.78 is 60.9. The average Bonchev–Trinajstić information content (AvgIpc) is 2.53. The molecule has 2 rings (SSSR count). The van der Waals surface area contributed by atoms with Crippen LogP contribution in [0.2, 0.25) is 0 Å². The summed E-state index contributed by atoms with van der Waals surface area (Å²) in [4.78, 5) is 20.4. The summed E-state index contributed by atoms with van der Waals surface area (Å²) in [5, 5.41) is 18.0. The molecule has 0 bridgehead atoms. The van der Waals surface area contributed by atoms with E-state index in [2.05, 4.69) is 10.2 Å². The van der Waals surface area contributed by atoms with Gasteiger partial charge >= 0.3 is 40.9 Å². The Labute approximate surface area is 165 Å². The first-order chi connectivity index (χ1) is 11.9. The van der Waals surface area contributed by atoms with Gasteiger partial charge in [0.15, 0.2) is 0 Å². The van der Waals surface area contributed by atoms with Gasteiger partial charge in [-0.3, -0.25) is 4.55 Å².